The second kappa shape index (κ2) is 5.31. The van der Waals surface area contributed by atoms with Crippen molar-refractivity contribution < 1.29 is 14.1 Å². The molecule has 1 fully saturated rings. The summed E-state index contributed by atoms with van der Waals surface area (Å²) in [5, 5.41) is 3.89. The van der Waals surface area contributed by atoms with E-state index < -0.39 is 0 Å². The molecule has 94 valence electrons. The van der Waals surface area contributed by atoms with E-state index in [0.717, 1.165) is 17.0 Å². The van der Waals surface area contributed by atoms with Crippen LogP contribution in [0.3, 0.4) is 0 Å². The zero-order chi connectivity index (χ0) is 12.3. The van der Waals surface area contributed by atoms with Gasteiger partial charge in [0.25, 0.3) is 0 Å². The van der Waals surface area contributed by atoms with Gasteiger partial charge in [-0.1, -0.05) is 5.16 Å². The van der Waals surface area contributed by atoms with E-state index in [1.807, 2.05) is 18.7 Å². The first-order valence-corrected chi connectivity index (χ1v) is 5.95. The summed E-state index contributed by atoms with van der Waals surface area (Å²) in [6.07, 6.45) is 1.22. The Morgan fingerprint density at radius 2 is 2.06 bits per heavy atom. The number of nitrogens with zero attached hydrogens (tertiary/aromatic N) is 2. The highest BCUT2D eigenvalue weighted by Crippen LogP contribution is 2.15. The highest BCUT2D eigenvalue weighted by atomic mass is 16.5. The van der Waals surface area contributed by atoms with Crippen LogP contribution >= 0.6 is 0 Å². The average Bonchev–Trinajstić information content (AvgIpc) is 2.67. The molecule has 0 atom stereocenters. The molecule has 0 radical (unpaired) electrons. The summed E-state index contributed by atoms with van der Waals surface area (Å²) in [5.74, 6) is 1.01. The van der Waals surface area contributed by atoms with Crippen LogP contribution in [0, 0.1) is 13.8 Å². The Hall–Kier alpha value is -1.36. The van der Waals surface area contributed by atoms with Gasteiger partial charge in [0, 0.05) is 25.1 Å². The molecule has 0 aliphatic carbocycles. The first kappa shape index (κ1) is 12.1. The fourth-order valence-electron chi connectivity index (χ4n) is 2.06. The van der Waals surface area contributed by atoms with Crippen molar-refractivity contribution in [3.8, 4) is 0 Å². The van der Waals surface area contributed by atoms with E-state index in [4.69, 9.17) is 9.26 Å². The molecule has 0 N–H and O–H groups in total. The standard InChI is InChI=1S/C12H18N2O3/c1-9-11(10(2)17-13-9)3-4-12(15)14-5-7-16-8-6-14/h3-8H2,1-2H3. The molecule has 1 aromatic heterocycles. The third-order valence-electron chi connectivity index (χ3n) is 3.13. The Morgan fingerprint density at radius 1 is 1.35 bits per heavy atom. The molecule has 17 heavy (non-hydrogen) atoms. The van der Waals surface area contributed by atoms with E-state index in [9.17, 15) is 4.79 Å². The van der Waals surface area contributed by atoms with Crippen molar-refractivity contribution in [1.29, 1.82) is 0 Å². The van der Waals surface area contributed by atoms with Crippen molar-refractivity contribution >= 4 is 5.91 Å². The van der Waals surface area contributed by atoms with Gasteiger partial charge in [0.2, 0.25) is 5.91 Å². The summed E-state index contributed by atoms with van der Waals surface area (Å²) in [5.41, 5.74) is 1.95. The summed E-state index contributed by atoms with van der Waals surface area (Å²) in [4.78, 5) is 13.8. The Labute approximate surface area is 101 Å². The molecular formula is C12H18N2O3. The number of hydrogen-bond donors (Lipinski definition) is 0. The van der Waals surface area contributed by atoms with Crippen LogP contribution in [0.15, 0.2) is 4.52 Å². The van der Waals surface area contributed by atoms with Gasteiger partial charge in [0.05, 0.1) is 18.9 Å². The minimum atomic E-state index is 0.188. The lowest BCUT2D eigenvalue weighted by Crippen LogP contribution is -2.40. The highest BCUT2D eigenvalue weighted by Gasteiger charge is 2.18. The molecule has 5 heteroatoms. The molecule has 2 rings (SSSR count). The van der Waals surface area contributed by atoms with Crippen molar-refractivity contribution in [2.75, 3.05) is 26.3 Å². The third kappa shape index (κ3) is 2.85. The molecule has 5 nitrogen and oxygen atoms in total. The van der Waals surface area contributed by atoms with Crippen LogP contribution in [0.25, 0.3) is 0 Å². The number of aromatic nitrogens is 1. The minimum absolute atomic E-state index is 0.188. The molecule has 0 saturated carbocycles. The first-order valence-electron chi connectivity index (χ1n) is 5.95. The van der Waals surface area contributed by atoms with Gasteiger partial charge in [-0.05, 0) is 20.3 Å². The lowest BCUT2D eigenvalue weighted by atomic mass is 10.1. The Kier molecular flexibility index (Phi) is 3.78. The highest BCUT2D eigenvalue weighted by molar-refractivity contribution is 5.76. The number of amides is 1. The van der Waals surface area contributed by atoms with Crippen molar-refractivity contribution in [3.05, 3.63) is 17.0 Å². The van der Waals surface area contributed by atoms with Gasteiger partial charge in [-0.2, -0.15) is 0 Å². The van der Waals surface area contributed by atoms with Crippen LogP contribution in [-0.2, 0) is 16.0 Å². The van der Waals surface area contributed by atoms with Gasteiger partial charge in [0.1, 0.15) is 5.76 Å². The molecule has 0 bridgehead atoms. The van der Waals surface area contributed by atoms with Crippen LogP contribution < -0.4 is 0 Å². The molecular weight excluding hydrogens is 220 g/mol. The van der Waals surface area contributed by atoms with E-state index >= 15 is 0 Å². The van der Waals surface area contributed by atoms with Crippen LogP contribution in [-0.4, -0.2) is 42.3 Å². The van der Waals surface area contributed by atoms with Crippen LogP contribution in [0.2, 0.25) is 0 Å². The number of rotatable bonds is 3. The van der Waals surface area contributed by atoms with Gasteiger partial charge in [-0.25, -0.2) is 0 Å². The van der Waals surface area contributed by atoms with E-state index in [-0.39, 0.29) is 5.91 Å². The number of carbonyl (C=O) groups excluding carboxylic acids is 1. The lowest BCUT2D eigenvalue weighted by Gasteiger charge is -2.26. The number of hydrogen-bond acceptors (Lipinski definition) is 4. The summed E-state index contributed by atoms with van der Waals surface area (Å²) in [6, 6.07) is 0. The van der Waals surface area contributed by atoms with E-state index in [0.29, 0.717) is 39.1 Å². The quantitative estimate of drug-likeness (QED) is 0.790. The molecule has 1 saturated heterocycles. The second-order valence-corrected chi connectivity index (χ2v) is 4.30. The minimum Gasteiger partial charge on any atom is -0.378 e. The number of carbonyl (C=O) groups is 1. The summed E-state index contributed by atoms with van der Waals surface area (Å²) in [7, 11) is 0. The van der Waals surface area contributed by atoms with Gasteiger partial charge >= 0.3 is 0 Å². The molecule has 0 unspecified atom stereocenters. The molecule has 1 aliphatic rings. The number of aryl methyl sites for hydroxylation is 2. The van der Waals surface area contributed by atoms with Crippen LogP contribution in [0.4, 0.5) is 0 Å². The monoisotopic (exact) mass is 238 g/mol. The van der Waals surface area contributed by atoms with E-state index in [1.54, 1.807) is 0 Å². The maximum Gasteiger partial charge on any atom is 0.223 e. The fourth-order valence-corrected chi connectivity index (χ4v) is 2.06. The van der Waals surface area contributed by atoms with Crippen molar-refractivity contribution in [2.45, 2.75) is 26.7 Å². The average molecular weight is 238 g/mol. The predicted octanol–water partition coefficient (Wildman–Crippen LogP) is 1.08. The Bertz CT molecular complexity index is 375. The van der Waals surface area contributed by atoms with Gasteiger partial charge in [0.15, 0.2) is 0 Å². The molecule has 1 aromatic rings. The molecule has 0 spiro atoms. The zero-order valence-electron chi connectivity index (χ0n) is 10.4. The molecule has 0 aromatic carbocycles. The molecule has 2 heterocycles. The summed E-state index contributed by atoms with van der Waals surface area (Å²) in [6.45, 7) is 6.51. The maximum atomic E-state index is 11.9. The van der Waals surface area contributed by atoms with Gasteiger partial charge in [-0.3, -0.25) is 4.79 Å². The smallest absolute Gasteiger partial charge is 0.223 e. The van der Waals surface area contributed by atoms with E-state index in [2.05, 4.69) is 5.16 Å². The Morgan fingerprint density at radius 3 is 2.65 bits per heavy atom. The SMILES string of the molecule is Cc1noc(C)c1CCC(=O)N1CCOCC1. The molecule has 1 aliphatic heterocycles. The van der Waals surface area contributed by atoms with Crippen molar-refractivity contribution in [2.24, 2.45) is 0 Å². The van der Waals surface area contributed by atoms with Gasteiger partial charge in [-0.15, -0.1) is 0 Å². The summed E-state index contributed by atoms with van der Waals surface area (Å²) < 4.78 is 10.3. The number of morpholine rings is 1. The van der Waals surface area contributed by atoms with E-state index in [1.165, 1.54) is 0 Å². The lowest BCUT2D eigenvalue weighted by molar-refractivity contribution is -0.135. The zero-order valence-corrected chi connectivity index (χ0v) is 10.4. The summed E-state index contributed by atoms with van der Waals surface area (Å²) >= 11 is 0. The molecule has 1 amide bonds. The number of ether oxygens (including phenoxy) is 1. The fraction of sp³-hybridized carbons (Fsp3) is 0.667. The second-order valence-electron chi connectivity index (χ2n) is 4.30. The third-order valence-corrected chi connectivity index (χ3v) is 3.13. The maximum absolute atomic E-state index is 11.9. The van der Waals surface area contributed by atoms with Crippen LogP contribution in [0.1, 0.15) is 23.4 Å². The topological polar surface area (TPSA) is 55.6 Å². The normalized spacial score (nSPS) is 16.2. The largest absolute Gasteiger partial charge is 0.378 e. The predicted molar refractivity (Wildman–Crippen MR) is 61.7 cm³/mol. The van der Waals surface area contributed by atoms with Crippen LogP contribution in [0.5, 0.6) is 0 Å². The Balaban J connectivity index is 1.87. The first-order chi connectivity index (χ1) is 8.18. The van der Waals surface area contributed by atoms with Crippen molar-refractivity contribution in [1.82, 2.24) is 10.1 Å². The van der Waals surface area contributed by atoms with Crippen molar-refractivity contribution in [3.63, 3.8) is 0 Å². The van der Waals surface area contributed by atoms with Gasteiger partial charge < -0.3 is 14.2 Å².